The van der Waals surface area contributed by atoms with Gasteiger partial charge in [0.05, 0.1) is 32.1 Å². The monoisotopic (exact) mass is 528 g/mol. The fourth-order valence-electron chi connectivity index (χ4n) is 3.87. The van der Waals surface area contributed by atoms with E-state index in [4.69, 9.17) is 28.2 Å². The minimum absolute atomic E-state index is 0.0323. The fraction of sp³-hybridized carbons (Fsp3) is 0.222. The van der Waals surface area contributed by atoms with E-state index in [2.05, 4.69) is 0 Å². The van der Waals surface area contributed by atoms with Crippen LogP contribution in [-0.2, 0) is 15.4 Å². The molecule has 0 saturated carbocycles. The third-order valence-electron chi connectivity index (χ3n) is 5.89. The van der Waals surface area contributed by atoms with Gasteiger partial charge >= 0.3 is 0 Å². The van der Waals surface area contributed by atoms with Crippen LogP contribution >= 0.6 is 23.2 Å². The highest BCUT2D eigenvalue weighted by Gasteiger charge is 2.25. The number of aliphatic hydroxyl groups is 1. The first kappa shape index (κ1) is 25.5. The molecule has 0 spiro atoms. The van der Waals surface area contributed by atoms with Gasteiger partial charge < -0.3 is 5.11 Å². The number of hydrogen-bond acceptors (Lipinski definition) is 4. The highest BCUT2D eigenvalue weighted by molar-refractivity contribution is 7.91. The summed E-state index contributed by atoms with van der Waals surface area (Å²) in [5, 5.41) is 11.6. The Hall–Kier alpha value is -2.64. The van der Waals surface area contributed by atoms with Crippen LogP contribution in [0.15, 0.2) is 71.8 Å². The standard InChI is InChI=1S/C27H26Cl2N2O3S/c1-5-35(33,34)20-10-7-9-18(14-20)19-12-13-23(22(29)15-19)31-16-24(27(3,4)32)30-26(31)25-17(2)8-6-11-21(25)28/h6-16,32H,5H2,1-4H3. The molecule has 0 fully saturated rings. The number of aromatic nitrogens is 2. The molecule has 0 saturated heterocycles. The van der Waals surface area contributed by atoms with E-state index in [9.17, 15) is 13.5 Å². The van der Waals surface area contributed by atoms with Crippen LogP contribution in [0.25, 0.3) is 28.2 Å². The van der Waals surface area contributed by atoms with Gasteiger partial charge in [0.1, 0.15) is 11.4 Å². The molecule has 0 aliphatic rings. The van der Waals surface area contributed by atoms with E-state index in [1.54, 1.807) is 57.3 Å². The second kappa shape index (κ2) is 9.43. The van der Waals surface area contributed by atoms with Gasteiger partial charge in [-0.3, -0.25) is 4.57 Å². The van der Waals surface area contributed by atoms with Crippen molar-refractivity contribution in [1.82, 2.24) is 9.55 Å². The van der Waals surface area contributed by atoms with E-state index >= 15 is 0 Å². The fourth-order valence-corrected chi connectivity index (χ4v) is 5.37. The molecule has 1 heterocycles. The smallest absolute Gasteiger partial charge is 0.178 e. The Labute approximate surface area is 215 Å². The normalized spacial score (nSPS) is 12.2. The highest BCUT2D eigenvalue weighted by Crippen LogP contribution is 2.37. The van der Waals surface area contributed by atoms with E-state index in [1.807, 2.05) is 41.8 Å². The second-order valence-electron chi connectivity index (χ2n) is 8.91. The molecule has 182 valence electrons. The van der Waals surface area contributed by atoms with Crippen molar-refractivity contribution in [2.75, 3.05) is 5.75 Å². The van der Waals surface area contributed by atoms with Crippen LogP contribution in [0.3, 0.4) is 0 Å². The second-order valence-corrected chi connectivity index (χ2v) is 12.0. The van der Waals surface area contributed by atoms with Crippen molar-refractivity contribution in [1.29, 1.82) is 0 Å². The average Bonchev–Trinajstić information content (AvgIpc) is 3.24. The summed E-state index contributed by atoms with van der Waals surface area (Å²) in [5.41, 5.74) is 3.18. The lowest BCUT2D eigenvalue weighted by molar-refractivity contribution is 0.0743. The number of sulfone groups is 1. The largest absolute Gasteiger partial charge is 0.384 e. The lowest BCUT2D eigenvalue weighted by Crippen LogP contribution is -2.15. The zero-order valence-corrected chi connectivity index (χ0v) is 22.2. The number of hydrogen-bond donors (Lipinski definition) is 1. The molecular weight excluding hydrogens is 503 g/mol. The summed E-state index contributed by atoms with van der Waals surface area (Å²) >= 11 is 13.3. The van der Waals surface area contributed by atoms with Gasteiger partial charge in [-0.2, -0.15) is 0 Å². The maximum Gasteiger partial charge on any atom is 0.178 e. The van der Waals surface area contributed by atoms with Gasteiger partial charge in [0.25, 0.3) is 0 Å². The zero-order valence-electron chi connectivity index (χ0n) is 19.9. The van der Waals surface area contributed by atoms with Crippen molar-refractivity contribution in [2.24, 2.45) is 0 Å². The van der Waals surface area contributed by atoms with Crippen molar-refractivity contribution in [2.45, 2.75) is 38.2 Å². The minimum Gasteiger partial charge on any atom is -0.384 e. The van der Waals surface area contributed by atoms with Gasteiger partial charge in [-0.25, -0.2) is 13.4 Å². The van der Waals surface area contributed by atoms with Crippen LogP contribution in [0.4, 0.5) is 0 Å². The lowest BCUT2D eigenvalue weighted by atomic mass is 10.0. The number of imidazole rings is 1. The topological polar surface area (TPSA) is 72.2 Å². The molecule has 1 aromatic heterocycles. The Kier molecular flexibility index (Phi) is 6.86. The average molecular weight is 529 g/mol. The quantitative estimate of drug-likeness (QED) is 0.297. The molecule has 0 aliphatic carbocycles. The SMILES string of the molecule is CCS(=O)(=O)c1cccc(-c2ccc(-n3cc(C(C)(C)O)nc3-c3c(C)cccc3Cl)c(Cl)c2)c1. The maximum absolute atomic E-state index is 12.3. The third-order valence-corrected chi connectivity index (χ3v) is 8.24. The number of halogens is 2. The summed E-state index contributed by atoms with van der Waals surface area (Å²) in [6.07, 6.45) is 1.76. The Balaban J connectivity index is 1.87. The molecule has 5 nitrogen and oxygen atoms in total. The lowest BCUT2D eigenvalue weighted by Gasteiger charge is -2.14. The van der Waals surface area contributed by atoms with Gasteiger partial charge in [-0.1, -0.05) is 60.5 Å². The van der Waals surface area contributed by atoms with Crippen molar-refractivity contribution in [3.8, 4) is 28.2 Å². The molecule has 4 aromatic rings. The Morgan fingerprint density at radius 2 is 1.66 bits per heavy atom. The van der Waals surface area contributed by atoms with Gasteiger partial charge in [0.15, 0.2) is 9.84 Å². The molecule has 35 heavy (non-hydrogen) atoms. The van der Waals surface area contributed by atoms with Crippen LogP contribution in [0.2, 0.25) is 10.0 Å². The summed E-state index contributed by atoms with van der Waals surface area (Å²) in [4.78, 5) is 5.00. The van der Waals surface area contributed by atoms with E-state index in [-0.39, 0.29) is 10.6 Å². The number of nitrogens with zero attached hydrogens (tertiary/aromatic N) is 2. The molecule has 0 unspecified atom stereocenters. The summed E-state index contributed by atoms with van der Waals surface area (Å²) in [6, 6.07) is 18.0. The molecule has 0 bridgehead atoms. The van der Waals surface area contributed by atoms with Crippen LogP contribution in [0.5, 0.6) is 0 Å². The molecule has 0 amide bonds. The van der Waals surface area contributed by atoms with Gasteiger partial charge in [0, 0.05) is 11.8 Å². The van der Waals surface area contributed by atoms with E-state index in [0.29, 0.717) is 27.3 Å². The van der Waals surface area contributed by atoms with E-state index in [1.165, 1.54) is 0 Å². The minimum atomic E-state index is -3.33. The van der Waals surface area contributed by atoms with E-state index in [0.717, 1.165) is 22.3 Å². The predicted molar refractivity (Wildman–Crippen MR) is 142 cm³/mol. The summed E-state index contributed by atoms with van der Waals surface area (Å²) < 4.78 is 26.5. The first-order valence-corrected chi connectivity index (χ1v) is 13.5. The van der Waals surface area contributed by atoms with Crippen molar-refractivity contribution >= 4 is 33.0 Å². The molecule has 4 rings (SSSR count). The molecule has 1 N–H and O–H groups in total. The Bertz CT molecular complexity index is 1500. The zero-order chi connectivity index (χ0) is 25.5. The molecule has 3 aromatic carbocycles. The first-order chi connectivity index (χ1) is 16.4. The van der Waals surface area contributed by atoms with Gasteiger partial charge in [-0.05, 0) is 67.8 Å². The molecule has 0 atom stereocenters. The van der Waals surface area contributed by atoms with E-state index < -0.39 is 15.4 Å². The van der Waals surface area contributed by atoms with Crippen molar-refractivity contribution in [3.63, 3.8) is 0 Å². The number of rotatable bonds is 6. The Morgan fingerprint density at radius 3 is 2.29 bits per heavy atom. The predicted octanol–water partition coefficient (Wildman–Crippen LogP) is 6.84. The Morgan fingerprint density at radius 1 is 0.971 bits per heavy atom. The third kappa shape index (κ3) is 5.02. The van der Waals surface area contributed by atoms with Crippen LogP contribution in [0.1, 0.15) is 32.0 Å². The van der Waals surface area contributed by atoms with Crippen molar-refractivity contribution in [3.05, 3.63) is 88.2 Å². The molecular formula is C27H26Cl2N2O3S. The van der Waals surface area contributed by atoms with Crippen LogP contribution in [-0.4, -0.2) is 28.8 Å². The number of benzene rings is 3. The molecule has 8 heteroatoms. The van der Waals surface area contributed by atoms with Crippen LogP contribution < -0.4 is 0 Å². The first-order valence-electron chi connectivity index (χ1n) is 11.1. The van der Waals surface area contributed by atoms with Gasteiger partial charge in [-0.15, -0.1) is 0 Å². The highest BCUT2D eigenvalue weighted by atomic mass is 35.5. The number of aryl methyl sites for hydroxylation is 1. The summed E-state index contributed by atoms with van der Waals surface area (Å²) in [7, 11) is -3.33. The summed E-state index contributed by atoms with van der Waals surface area (Å²) in [5.74, 6) is 0.598. The van der Waals surface area contributed by atoms with Crippen LogP contribution in [0, 0.1) is 6.92 Å². The van der Waals surface area contributed by atoms with Crippen molar-refractivity contribution < 1.29 is 13.5 Å². The van der Waals surface area contributed by atoms with Gasteiger partial charge in [0.2, 0.25) is 0 Å². The summed E-state index contributed by atoms with van der Waals surface area (Å²) in [6.45, 7) is 6.92. The molecule has 0 aliphatic heterocycles. The molecule has 0 radical (unpaired) electrons. The maximum atomic E-state index is 12.3.